The zero-order chi connectivity index (χ0) is 18.4. The number of aromatic nitrogens is 1. The summed E-state index contributed by atoms with van der Waals surface area (Å²) in [7, 11) is 1.59. The van der Waals surface area contributed by atoms with E-state index in [0.717, 1.165) is 18.4 Å². The Morgan fingerprint density at radius 3 is 2.92 bits per heavy atom. The number of oxazole rings is 1. The molecule has 0 saturated carbocycles. The molecule has 0 radical (unpaired) electrons. The van der Waals surface area contributed by atoms with Crippen LogP contribution in [0.5, 0.6) is 0 Å². The number of hydrogen-bond donors (Lipinski definition) is 0. The monoisotopic (exact) mass is 362 g/mol. The van der Waals surface area contributed by atoms with Crippen molar-refractivity contribution in [3.05, 3.63) is 53.5 Å². The smallest absolute Gasteiger partial charge is 0.249 e. The van der Waals surface area contributed by atoms with E-state index in [4.69, 9.17) is 13.9 Å². The summed E-state index contributed by atoms with van der Waals surface area (Å²) in [6, 6.07) is 6.14. The van der Waals surface area contributed by atoms with E-state index in [0.29, 0.717) is 37.8 Å². The molecule has 6 nitrogen and oxygen atoms in total. The first-order chi connectivity index (χ1) is 12.7. The molecule has 7 heteroatoms. The Hall–Kier alpha value is -2.25. The first kappa shape index (κ1) is 18.5. The molecule has 1 atom stereocenters. The number of nitrogens with zero attached hydrogens (tertiary/aromatic N) is 2. The average Bonchev–Trinajstić information content (AvgIpc) is 3.29. The molecule has 1 aromatic heterocycles. The number of carbonyl (C=O) groups is 1. The molecule has 0 N–H and O–H groups in total. The van der Waals surface area contributed by atoms with Crippen LogP contribution in [0.25, 0.3) is 0 Å². The second-order valence-corrected chi connectivity index (χ2v) is 6.26. The summed E-state index contributed by atoms with van der Waals surface area (Å²) < 4.78 is 29.1. The third-order valence-electron chi connectivity index (χ3n) is 4.38. The number of rotatable bonds is 8. The van der Waals surface area contributed by atoms with Gasteiger partial charge in [0.1, 0.15) is 24.2 Å². The van der Waals surface area contributed by atoms with Crippen LogP contribution in [0.1, 0.15) is 36.1 Å². The van der Waals surface area contributed by atoms with Crippen LogP contribution < -0.4 is 0 Å². The Bertz CT molecular complexity index is 717. The third-order valence-corrected chi connectivity index (χ3v) is 4.38. The van der Waals surface area contributed by atoms with Crippen molar-refractivity contribution in [2.24, 2.45) is 0 Å². The van der Waals surface area contributed by atoms with Crippen LogP contribution in [0.2, 0.25) is 0 Å². The van der Waals surface area contributed by atoms with Crippen molar-refractivity contribution < 1.29 is 23.1 Å². The molecule has 1 aliphatic heterocycles. The Balaban J connectivity index is 1.60. The van der Waals surface area contributed by atoms with Gasteiger partial charge in [-0.1, -0.05) is 12.1 Å². The van der Waals surface area contributed by atoms with Gasteiger partial charge in [0.2, 0.25) is 11.8 Å². The van der Waals surface area contributed by atoms with Crippen molar-refractivity contribution in [2.45, 2.75) is 25.3 Å². The lowest BCUT2D eigenvalue weighted by molar-refractivity contribution is -0.137. The maximum absolute atomic E-state index is 13.0. The summed E-state index contributed by atoms with van der Waals surface area (Å²) in [5, 5.41) is 0. The van der Waals surface area contributed by atoms with Crippen molar-refractivity contribution >= 4 is 5.91 Å². The van der Waals surface area contributed by atoms with Gasteiger partial charge in [-0.2, -0.15) is 0 Å². The number of amides is 1. The summed E-state index contributed by atoms with van der Waals surface area (Å²) in [4.78, 5) is 18.5. The molecule has 1 amide bonds. The molecule has 2 aromatic rings. The zero-order valence-electron chi connectivity index (χ0n) is 14.8. The van der Waals surface area contributed by atoms with E-state index >= 15 is 0 Å². The first-order valence-corrected chi connectivity index (χ1v) is 8.72. The number of hydrogen-bond acceptors (Lipinski definition) is 5. The number of methoxy groups -OCH3 is 1. The lowest BCUT2D eigenvalue weighted by Crippen LogP contribution is -2.34. The molecule has 26 heavy (non-hydrogen) atoms. The van der Waals surface area contributed by atoms with Gasteiger partial charge in [-0.3, -0.25) is 4.79 Å². The molecule has 0 bridgehead atoms. The zero-order valence-corrected chi connectivity index (χ0v) is 14.8. The number of benzene rings is 1. The highest BCUT2D eigenvalue weighted by Gasteiger charge is 2.33. The van der Waals surface area contributed by atoms with Crippen LogP contribution in [-0.4, -0.2) is 49.3 Å². The highest BCUT2D eigenvalue weighted by Crippen LogP contribution is 2.32. The fourth-order valence-corrected chi connectivity index (χ4v) is 3.07. The molecule has 2 heterocycles. The van der Waals surface area contributed by atoms with Crippen LogP contribution in [0.15, 0.2) is 34.9 Å². The molecule has 0 spiro atoms. The topological polar surface area (TPSA) is 64.8 Å². The molecular weight excluding hydrogens is 339 g/mol. The van der Waals surface area contributed by atoms with Crippen LogP contribution in [-0.2, 0) is 20.7 Å². The second kappa shape index (κ2) is 8.91. The number of ether oxygens (including phenoxy) is 2. The summed E-state index contributed by atoms with van der Waals surface area (Å²) in [6.07, 6.45) is 3.94. The number of likely N-dealkylation sites (tertiary alicyclic amines) is 1. The fourth-order valence-electron chi connectivity index (χ4n) is 3.07. The first-order valence-electron chi connectivity index (χ1n) is 8.72. The van der Waals surface area contributed by atoms with Gasteiger partial charge in [0.25, 0.3) is 0 Å². The van der Waals surface area contributed by atoms with Crippen molar-refractivity contribution in [3.8, 4) is 0 Å². The van der Waals surface area contributed by atoms with Crippen LogP contribution in [0.4, 0.5) is 4.39 Å². The normalized spacial score (nSPS) is 17.0. The number of halogens is 1. The summed E-state index contributed by atoms with van der Waals surface area (Å²) in [6.45, 7) is 1.56. The molecule has 3 rings (SSSR count). The SMILES string of the molecule is COCCOCC(=O)N1CCC[C@H]1c1ncc(Cc2ccc(F)cc2)o1. The van der Waals surface area contributed by atoms with E-state index in [1.807, 2.05) is 0 Å². The predicted octanol–water partition coefficient (Wildman–Crippen LogP) is 2.73. The average molecular weight is 362 g/mol. The fraction of sp³-hybridized carbons (Fsp3) is 0.474. The second-order valence-electron chi connectivity index (χ2n) is 6.26. The highest BCUT2D eigenvalue weighted by atomic mass is 19.1. The van der Waals surface area contributed by atoms with Gasteiger partial charge in [0.15, 0.2) is 0 Å². The van der Waals surface area contributed by atoms with Crippen molar-refractivity contribution in [1.82, 2.24) is 9.88 Å². The van der Waals surface area contributed by atoms with E-state index in [9.17, 15) is 9.18 Å². The van der Waals surface area contributed by atoms with Crippen LogP contribution in [0, 0.1) is 5.82 Å². The third kappa shape index (κ3) is 4.68. The summed E-state index contributed by atoms with van der Waals surface area (Å²) in [5.41, 5.74) is 0.944. The molecule has 1 aliphatic rings. The standard InChI is InChI=1S/C19H23FN2O4/c1-24-9-10-25-13-18(23)22-8-2-3-17(22)19-21-12-16(26-19)11-14-4-6-15(20)7-5-14/h4-7,12,17H,2-3,8-11,13H2,1H3/t17-/m0/s1. The maximum Gasteiger partial charge on any atom is 0.249 e. The lowest BCUT2D eigenvalue weighted by atomic mass is 10.1. The van der Waals surface area contributed by atoms with Crippen molar-refractivity contribution in [2.75, 3.05) is 33.5 Å². The number of carbonyl (C=O) groups excluding carboxylic acids is 1. The predicted molar refractivity (Wildman–Crippen MR) is 92.1 cm³/mol. The van der Waals surface area contributed by atoms with Gasteiger partial charge >= 0.3 is 0 Å². The van der Waals surface area contributed by atoms with E-state index in [1.165, 1.54) is 12.1 Å². The van der Waals surface area contributed by atoms with E-state index < -0.39 is 0 Å². The van der Waals surface area contributed by atoms with Gasteiger partial charge in [0.05, 0.1) is 19.4 Å². The van der Waals surface area contributed by atoms with E-state index in [2.05, 4.69) is 4.98 Å². The van der Waals surface area contributed by atoms with Gasteiger partial charge in [0, 0.05) is 20.1 Å². The van der Waals surface area contributed by atoms with Crippen molar-refractivity contribution in [1.29, 1.82) is 0 Å². The summed E-state index contributed by atoms with van der Waals surface area (Å²) in [5.74, 6) is 0.911. The minimum Gasteiger partial charge on any atom is -0.443 e. The molecule has 140 valence electrons. The molecule has 0 unspecified atom stereocenters. The Kier molecular flexibility index (Phi) is 6.35. The lowest BCUT2D eigenvalue weighted by Gasteiger charge is -2.22. The van der Waals surface area contributed by atoms with Gasteiger partial charge in [-0.25, -0.2) is 9.37 Å². The van der Waals surface area contributed by atoms with E-state index in [1.54, 1.807) is 30.3 Å². The molecule has 1 aromatic carbocycles. The van der Waals surface area contributed by atoms with Gasteiger partial charge in [-0.15, -0.1) is 0 Å². The Morgan fingerprint density at radius 1 is 1.35 bits per heavy atom. The molecule has 1 fully saturated rings. The van der Waals surface area contributed by atoms with Gasteiger partial charge < -0.3 is 18.8 Å². The molecule has 1 saturated heterocycles. The summed E-state index contributed by atoms with van der Waals surface area (Å²) >= 11 is 0. The molecule has 0 aliphatic carbocycles. The van der Waals surface area contributed by atoms with Gasteiger partial charge in [-0.05, 0) is 30.5 Å². The van der Waals surface area contributed by atoms with Crippen LogP contribution in [0.3, 0.4) is 0 Å². The molecular formula is C19H23FN2O4. The minimum atomic E-state index is -0.264. The Morgan fingerprint density at radius 2 is 2.15 bits per heavy atom. The largest absolute Gasteiger partial charge is 0.443 e. The van der Waals surface area contributed by atoms with Crippen LogP contribution >= 0.6 is 0 Å². The minimum absolute atomic E-state index is 0.0308. The Labute approximate surface area is 151 Å². The maximum atomic E-state index is 13.0. The van der Waals surface area contributed by atoms with E-state index in [-0.39, 0.29) is 24.4 Å². The highest BCUT2D eigenvalue weighted by molar-refractivity contribution is 5.78. The quantitative estimate of drug-likeness (QED) is 0.676. The van der Waals surface area contributed by atoms with Crippen molar-refractivity contribution in [3.63, 3.8) is 0 Å².